The van der Waals surface area contributed by atoms with Crippen LogP contribution in [0.1, 0.15) is 52.4 Å². The highest BCUT2D eigenvalue weighted by molar-refractivity contribution is 7.98. The molecule has 0 fully saturated rings. The van der Waals surface area contributed by atoms with Gasteiger partial charge in [0.2, 0.25) is 17.7 Å². The van der Waals surface area contributed by atoms with Crippen LogP contribution in [0.5, 0.6) is 0 Å². The van der Waals surface area contributed by atoms with Gasteiger partial charge in [-0.15, -0.1) is 0 Å². The van der Waals surface area contributed by atoms with Crippen LogP contribution < -0.4 is 27.4 Å². The lowest BCUT2D eigenvalue weighted by Crippen LogP contribution is -2.57. The monoisotopic (exact) mass is 521 g/mol. The number of aliphatic carboxylic acids is 1. The first-order valence-electron chi connectivity index (χ1n) is 11.6. The molecule has 34 heavy (non-hydrogen) atoms. The Bertz CT molecular complexity index is 639. The van der Waals surface area contributed by atoms with Crippen LogP contribution in [0.4, 0.5) is 0 Å². The average Bonchev–Trinajstić information content (AvgIpc) is 2.77. The van der Waals surface area contributed by atoms with E-state index in [1.165, 1.54) is 23.5 Å². The molecule has 3 amide bonds. The Hall–Kier alpha value is -1.50. The molecule has 0 heterocycles. The van der Waals surface area contributed by atoms with E-state index in [9.17, 15) is 24.3 Å². The summed E-state index contributed by atoms with van der Waals surface area (Å²) in [6, 6.07) is -3.57. The topological polar surface area (TPSA) is 177 Å². The number of carboxylic acids is 1. The minimum absolute atomic E-state index is 0.225. The molecule has 0 rings (SSSR count). The summed E-state index contributed by atoms with van der Waals surface area (Å²) in [6.45, 7) is 4.35. The van der Waals surface area contributed by atoms with Crippen molar-refractivity contribution in [1.29, 1.82) is 0 Å². The summed E-state index contributed by atoms with van der Waals surface area (Å²) in [4.78, 5) is 50.0. The molecule has 0 aliphatic carbocycles. The lowest BCUT2D eigenvalue weighted by Gasteiger charge is -2.25. The number of thioether (sulfide) groups is 2. The normalized spacial score (nSPS) is 14.7. The molecule has 0 spiro atoms. The van der Waals surface area contributed by atoms with Gasteiger partial charge in [-0.2, -0.15) is 23.5 Å². The molecule has 0 aromatic carbocycles. The van der Waals surface area contributed by atoms with Crippen LogP contribution in [-0.4, -0.2) is 83.5 Å². The van der Waals surface area contributed by atoms with Crippen LogP contribution >= 0.6 is 23.5 Å². The fraction of sp³-hybridized carbons (Fsp3) is 0.818. The summed E-state index contributed by atoms with van der Waals surface area (Å²) in [7, 11) is 0. The Morgan fingerprint density at radius 1 is 0.794 bits per heavy atom. The third-order valence-corrected chi connectivity index (χ3v) is 6.40. The quantitative estimate of drug-likeness (QED) is 0.132. The van der Waals surface area contributed by atoms with Crippen LogP contribution in [0.3, 0.4) is 0 Å². The van der Waals surface area contributed by atoms with E-state index < -0.39 is 47.9 Å². The lowest BCUT2D eigenvalue weighted by atomic mass is 10.0. The van der Waals surface area contributed by atoms with Crippen molar-refractivity contribution in [1.82, 2.24) is 16.0 Å². The predicted molar refractivity (Wildman–Crippen MR) is 140 cm³/mol. The Morgan fingerprint density at radius 2 is 1.26 bits per heavy atom. The van der Waals surface area contributed by atoms with Crippen molar-refractivity contribution >= 4 is 47.2 Å². The van der Waals surface area contributed by atoms with Crippen molar-refractivity contribution in [2.75, 3.05) is 30.6 Å². The number of carbonyl (C=O) groups excluding carboxylic acids is 3. The molecule has 0 aliphatic heterocycles. The Balaban J connectivity index is 5.42. The van der Waals surface area contributed by atoms with Crippen molar-refractivity contribution in [3.8, 4) is 0 Å². The van der Waals surface area contributed by atoms with Crippen molar-refractivity contribution in [3.63, 3.8) is 0 Å². The van der Waals surface area contributed by atoms with E-state index in [4.69, 9.17) is 11.5 Å². The van der Waals surface area contributed by atoms with Crippen LogP contribution in [0.25, 0.3) is 0 Å². The zero-order valence-corrected chi connectivity index (χ0v) is 22.4. The summed E-state index contributed by atoms with van der Waals surface area (Å²) >= 11 is 3.01. The van der Waals surface area contributed by atoms with E-state index in [1.807, 2.05) is 26.4 Å². The lowest BCUT2D eigenvalue weighted by molar-refractivity contribution is -0.142. The van der Waals surface area contributed by atoms with Crippen molar-refractivity contribution in [3.05, 3.63) is 0 Å². The van der Waals surface area contributed by atoms with Gasteiger partial charge in [-0.1, -0.05) is 13.8 Å². The summed E-state index contributed by atoms with van der Waals surface area (Å²) in [6.07, 6.45) is 6.42. The molecule has 0 saturated carbocycles. The largest absolute Gasteiger partial charge is 0.480 e. The SMILES string of the molecule is CSCCC(NC(=O)C(CCCCN)NC(=O)C(CCSC)NC(=O)C(N)CC(C)C)C(=O)O. The molecular weight excluding hydrogens is 478 g/mol. The van der Waals surface area contributed by atoms with Gasteiger partial charge in [0.05, 0.1) is 6.04 Å². The smallest absolute Gasteiger partial charge is 0.326 e. The van der Waals surface area contributed by atoms with Crippen molar-refractivity contribution < 1.29 is 24.3 Å². The van der Waals surface area contributed by atoms with Gasteiger partial charge in [-0.25, -0.2) is 4.79 Å². The molecule has 8 N–H and O–H groups in total. The number of hydrogen-bond acceptors (Lipinski definition) is 8. The number of amides is 3. The highest BCUT2D eigenvalue weighted by Crippen LogP contribution is 2.08. The van der Waals surface area contributed by atoms with Gasteiger partial charge < -0.3 is 32.5 Å². The molecule has 0 aromatic rings. The maximum absolute atomic E-state index is 13.1. The molecule has 0 bridgehead atoms. The van der Waals surface area contributed by atoms with E-state index >= 15 is 0 Å². The highest BCUT2D eigenvalue weighted by Gasteiger charge is 2.30. The van der Waals surface area contributed by atoms with Crippen molar-refractivity contribution in [2.24, 2.45) is 17.4 Å². The molecule has 0 saturated heterocycles. The molecular formula is C22H43N5O5S2. The number of carbonyl (C=O) groups is 4. The van der Waals surface area contributed by atoms with E-state index in [1.54, 1.807) is 0 Å². The number of unbranched alkanes of at least 4 members (excludes halogenated alkanes) is 1. The minimum Gasteiger partial charge on any atom is -0.480 e. The summed E-state index contributed by atoms with van der Waals surface area (Å²) in [5, 5.41) is 17.4. The van der Waals surface area contributed by atoms with E-state index in [0.717, 1.165) is 0 Å². The fourth-order valence-corrected chi connectivity index (χ4v) is 4.14. The zero-order valence-electron chi connectivity index (χ0n) is 20.8. The number of carboxylic acid groups (broad SMARTS) is 1. The second-order valence-corrected chi connectivity index (χ2v) is 10.6. The van der Waals surface area contributed by atoms with Gasteiger partial charge in [0.25, 0.3) is 0 Å². The van der Waals surface area contributed by atoms with Gasteiger partial charge in [-0.05, 0) is 75.0 Å². The molecule has 4 unspecified atom stereocenters. The molecule has 0 radical (unpaired) electrons. The van der Waals surface area contributed by atoms with Gasteiger partial charge >= 0.3 is 5.97 Å². The van der Waals surface area contributed by atoms with Crippen molar-refractivity contribution in [2.45, 2.75) is 76.5 Å². The molecule has 12 heteroatoms. The first-order chi connectivity index (χ1) is 16.1. The first kappa shape index (κ1) is 32.5. The standard InChI is InChI=1S/C22H43N5O5S2/c1-14(2)13-15(24)19(28)25-17(8-11-33-3)21(30)26-16(7-5-6-10-23)20(29)27-18(22(31)32)9-12-34-4/h14-18H,5-13,23-24H2,1-4H3,(H,25,28)(H,26,30)(H,27,29)(H,31,32). The van der Waals surface area contributed by atoms with Crippen LogP contribution in [0, 0.1) is 5.92 Å². The summed E-state index contributed by atoms with van der Waals surface area (Å²) in [5.74, 6) is -1.18. The fourth-order valence-electron chi connectivity index (χ4n) is 3.20. The molecule has 4 atom stereocenters. The molecule has 10 nitrogen and oxygen atoms in total. The van der Waals surface area contributed by atoms with E-state index in [0.29, 0.717) is 50.2 Å². The second-order valence-electron chi connectivity index (χ2n) is 8.61. The average molecular weight is 522 g/mol. The van der Waals surface area contributed by atoms with Crippen LogP contribution in [-0.2, 0) is 19.2 Å². The van der Waals surface area contributed by atoms with Crippen LogP contribution in [0.2, 0.25) is 0 Å². The third kappa shape index (κ3) is 14.0. The third-order valence-electron chi connectivity index (χ3n) is 5.11. The zero-order chi connectivity index (χ0) is 26.1. The number of hydrogen-bond donors (Lipinski definition) is 6. The molecule has 198 valence electrons. The number of nitrogens with one attached hydrogen (secondary N) is 3. The van der Waals surface area contributed by atoms with Crippen LogP contribution in [0.15, 0.2) is 0 Å². The molecule has 0 aliphatic rings. The van der Waals surface area contributed by atoms with E-state index in [2.05, 4.69) is 16.0 Å². The second kappa shape index (κ2) is 18.8. The van der Waals surface area contributed by atoms with Gasteiger partial charge in [0, 0.05) is 0 Å². The van der Waals surface area contributed by atoms with Gasteiger partial charge in [0.15, 0.2) is 0 Å². The predicted octanol–water partition coefficient (Wildman–Crippen LogP) is 0.534. The maximum atomic E-state index is 13.1. The Kier molecular flexibility index (Phi) is 18.0. The highest BCUT2D eigenvalue weighted by atomic mass is 32.2. The number of nitrogens with two attached hydrogens (primary N) is 2. The molecule has 0 aromatic heterocycles. The van der Waals surface area contributed by atoms with E-state index in [-0.39, 0.29) is 12.3 Å². The summed E-state index contributed by atoms with van der Waals surface area (Å²) < 4.78 is 0. The van der Waals surface area contributed by atoms with Gasteiger partial charge in [0.1, 0.15) is 18.1 Å². The Morgan fingerprint density at radius 3 is 1.74 bits per heavy atom. The maximum Gasteiger partial charge on any atom is 0.326 e. The summed E-state index contributed by atoms with van der Waals surface area (Å²) in [5.41, 5.74) is 11.5. The van der Waals surface area contributed by atoms with Gasteiger partial charge in [-0.3, -0.25) is 14.4 Å². The number of rotatable bonds is 19. The Labute approximate surface area is 211 Å². The minimum atomic E-state index is -1.13. The first-order valence-corrected chi connectivity index (χ1v) is 14.4.